The van der Waals surface area contributed by atoms with Crippen LogP contribution in [-0.4, -0.2) is 14.2 Å². The van der Waals surface area contributed by atoms with Crippen LogP contribution < -0.4 is 9.47 Å². The number of rotatable bonds is 5. The summed E-state index contributed by atoms with van der Waals surface area (Å²) in [6, 6.07) is 25.5. The van der Waals surface area contributed by atoms with Gasteiger partial charge in [0.2, 0.25) is 0 Å². The van der Waals surface area contributed by atoms with E-state index in [1.807, 2.05) is 12.1 Å². The predicted octanol–water partition coefficient (Wildman–Crippen LogP) is 5.87. The number of benzene rings is 3. The first-order valence-electron chi connectivity index (χ1n) is 9.35. The van der Waals surface area contributed by atoms with Gasteiger partial charge in [-0.05, 0) is 70.9 Å². The first kappa shape index (κ1) is 17.4. The Labute approximate surface area is 161 Å². The van der Waals surface area contributed by atoms with E-state index < -0.39 is 0 Å². The van der Waals surface area contributed by atoms with Crippen molar-refractivity contribution in [3.8, 4) is 11.5 Å². The molecule has 0 spiro atoms. The number of ether oxygens (including phenoxy) is 2. The monoisotopic (exact) mass is 356 g/mol. The van der Waals surface area contributed by atoms with Gasteiger partial charge in [0.1, 0.15) is 11.5 Å². The highest BCUT2D eigenvalue weighted by molar-refractivity contribution is 5.83. The number of hydrogen-bond donors (Lipinski definition) is 0. The van der Waals surface area contributed by atoms with Gasteiger partial charge in [-0.15, -0.1) is 0 Å². The van der Waals surface area contributed by atoms with Crippen LogP contribution in [0.25, 0.3) is 5.57 Å². The van der Waals surface area contributed by atoms with Crippen molar-refractivity contribution in [3.05, 3.63) is 101 Å². The number of methoxy groups -OCH3 is 2. The van der Waals surface area contributed by atoms with Crippen LogP contribution in [0.5, 0.6) is 11.5 Å². The Balaban J connectivity index is 1.70. The summed E-state index contributed by atoms with van der Waals surface area (Å²) in [5, 5.41) is 0. The molecule has 2 heteroatoms. The van der Waals surface area contributed by atoms with E-state index in [1.54, 1.807) is 14.2 Å². The molecule has 0 bridgehead atoms. The molecule has 0 amide bonds. The highest BCUT2D eigenvalue weighted by Gasteiger charge is 2.23. The zero-order valence-electron chi connectivity index (χ0n) is 15.8. The number of fused-ring (bicyclic) bond motifs is 1. The molecule has 27 heavy (non-hydrogen) atoms. The van der Waals surface area contributed by atoms with Crippen molar-refractivity contribution in [3.63, 3.8) is 0 Å². The topological polar surface area (TPSA) is 18.5 Å². The first-order chi connectivity index (χ1) is 13.3. The lowest BCUT2D eigenvalue weighted by atomic mass is 9.78. The molecule has 0 saturated carbocycles. The molecule has 0 saturated heterocycles. The van der Waals surface area contributed by atoms with Crippen molar-refractivity contribution in [1.29, 1.82) is 0 Å². The standard InChI is InChI=1S/C25H24O2/c1-26-21-11-8-18(9-12-21)16-20-10-14-23(19-6-4-3-5-7-19)24-15-13-22(27-2)17-25(20)24/h3-9,11-15,17,20H,10,16H2,1-2H3. The second-order valence-corrected chi connectivity index (χ2v) is 6.92. The summed E-state index contributed by atoms with van der Waals surface area (Å²) in [5.74, 6) is 2.26. The average molecular weight is 356 g/mol. The van der Waals surface area contributed by atoms with Crippen LogP contribution >= 0.6 is 0 Å². The van der Waals surface area contributed by atoms with E-state index in [2.05, 4.69) is 66.7 Å². The van der Waals surface area contributed by atoms with Crippen LogP contribution in [0.15, 0.2) is 78.9 Å². The molecule has 0 fully saturated rings. The minimum Gasteiger partial charge on any atom is -0.497 e. The fraction of sp³-hybridized carbons (Fsp3) is 0.200. The SMILES string of the molecule is COc1ccc(CC2CC=C(c3ccccc3)c3ccc(OC)cc32)cc1. The molecule has 1 atom stereocenters. The minimum atomic E-state index is 0.441. The summed E-state index contributed by atoms with van der Waals surface area (Å²) in [7, 11) is 3.44. The van der Waals surface area contributed by atoms with Gasteiger partial charge in [-0.1, -0.05) is 54.6 Å². The molecule has 0 N–H and O–H groups in total. The molecular formula is C25H24O2. The molecule has 4 rings (SSSR count). The van der Waals surface area contributed by atoms with Gasteiger partial charge in [0, 0.05) is 0 Å². The van der Waals surface area contributed by atoms with E-state index in [-0.39, 0.29) is 0 Å². The predicted molar refractivity (Wildman–Crippen MR) is 111 cm³/mol. The van der Waals surface area contributed by atoms with Crippen LogP contribution in [0.1, 0.15) is 34.6 Å². The van der Waals surface area contributed by atoms with Crippen LogP contribution in [0, 0.1) is 0 Å². The molecule has 3 aromatic rings. The maximum atomic E-state index is 5.51. The fourth-order valence-electron chi connectivity index (χ4n) is 3.88. The molecule has 3 aromatic carbocycles. The van der Waals surface area contributed by atoms with Crippen molar-refractivity contribution in [2.75, 3.05) is 14.2 Å². The fourth-order valence-corrected chi connectivity index (χ4v) is 3.88. The second kappa shape index (κ2) is 7.71. The van der Waals surface area contributed by atoms with Crippen molar-refractivity contribution in [2.24, 2.45) is 0 Å². The summed E-state index contributed by atoms with van der Waals surface area (Å²) in [5.41, 5.74) is 6.59. The molecule has 1 aliphatic rings. The van der Waals surface area contributed by atoms with Crippen molar-refractivity contribution >= 4 is 5.57 Å². The Morgan fingerprint density at radius 2 is 1.52 bits per heavy atom. The second-order valence-electron chi connectivity index (χ2n) is 6.92. The van der Waals surface area contributed by atoms with Gasteiger partial charge in [0.25, 0.3) is 0 Å². The lowest BCUT2D eigenvalue weighted by Gasteiger charge is -2.27. The molecular weight excluding hydrogens is 332 g/mol. The van der Waals surface area contributed by atoms with E-state index in [0.717, 1.165) is 24.3 Å². The van der Waals surface area contributed by atoms with E-state index in [1.165, 1.54) is 27.8 Å². The van der Waals surface area contributed by atoms with Crippen LogP contribution in [0.4, 0.5) is 0 Å². The summed E-state index contributed by atoms with van der Waals surface area (Å²) in [4.78, 5) is 0. The molecule has 0 aliphatic heterocycles. The number of hydrogen-bond acceptors (Lipinski definition) is 2. The Kier molecular flexibility index (Phi) is 4.97. The highest BCUT2D eigenvalue weighted by Crippen LogP contribution is 2.41. The third kappa shape index (κ3) is 3.61. The summed E-state index contributed by atoms with van der Waals surface area (Å²) in [6.07, 6.45) is 4.41. The van der Waals surface area contributed by atoms with E-state index in [0.29, 0.717) is 5.92 Å². The summed E-state index contributed by atoms with van der Waals surface area (Å²) < 4.78 is 10.8. The maximum absolute atomic E-state index is 5.51. The normalized spacial score (nSPS) is 15.6. The van der Waals surface area contributed by atoms with E-state index in [9.17, 15) is 0 Å². The molecule has 0 aromatic heterocycles. The maximum Gasteiger partial charge on any atom is 0.119 e. The molecule has 136 valence electrons. The van der Waals surface area contributed by atoms with Crippen LogP contribution in [0.3, 0.4) is 0 Å². The quantitative estimate of drug-likeness (QED) is 0.569. The largest absolute Gasteiger partial charge is 0.497 e. The Bertz CT molecular complexity index is 940. The molecule has 0 radical (unpaired) electrons. The van der Waals surface area contributed by atoms with Gasteiger partial charge in [0.15, 0.2) is 0 Å². The summed E-state index contributed by atoms with van der Waals surface area (Å²) >= 11 is 0. The summed E-state index contributed by atoms with van der Waals surface area (Å²) in [6.45, 7) is 0. The molecule has 1 aliphatic carbocycles. The highest BCUT2D eigenvalue weighted by atomic mass is 16.5. The van der Waals surface area contributed by atoms with Gasteiger partial charge in [0.05, 0.1) is 14.2 Å². The average Bonchev–Trinajstić information content (AvgIpc) is 2.74. The van der Waals surface area contributed by atoms with E-state index >= 15 is 0 Å². The Morgan fingerprint density at radius 1 is 0.815 bits per heavy atom. The molecule has 1 unspecified atom stereocenters. The molecule has 2 nitrogen and oxygen atoms in total. The Hall–Kier alpha value is -3.00. The zero-order chi connectivity index (χ0) is 18.6. The van der Waals surface area contributed by atoms with Crippen molar-refractivity contribution in [2.45, 2.75) is 18.8 Å². The lowest BCUT2D eigenvalue weighted by Crippen LogP contribution is -2.11. The van der Waals surface area contributed by atoms with Gasteiger partial charge in [-0.2, -0.15) is 0 Å². The smallest absolute Gasteiger partial charge is 0.119 e. The van der Waals surface area contributed by atoms with Crippen LogP contribution in [0.2, 0.25) is 0 Å². The van der Waals surface area contributed by atoms with Gasteiger partial charge < -0.3 is 9.47 Å². The Morgan fingerprint density at radius 3 is 2.22 bits per heavy atom. The van der Waals surface area contributed by atoms with E-state index in [4.69, 9.17) is 9.47 Å². The van der Waals surface area contributed by atoms with Gasteiger partial charge >= 0.3 is 0 Å². The first-order valence-corrected chi connectivity index (χ1v) is 9.35. The third-order valence-electron chi connectivity index (χ3n) is 5.32. The minimum absolute atomic E-state index is 0.441. The van der Waals surface area contributed by atoms with Gasteiger partial charge in [-0.3, -0.25) is 0 Å². The molecule has 0 heterocycles. The zero-order valence-corrected chi connectivity index (χ0v) is 15.8. The van der Waals surface area contributed by atoms with Crippen LogP contribution in [-0.2, 0) is 6.42 Å². The lowest BCUT2D eigenvalue weighted by molar-refractivity contribution is 0.413. The van der Waals surface area contributed by atoms with Crippen molar-refractivity contribution < 1.29 is 9.47 Å². The third-order valence-corrected chi connectivity index (χ3v) is 5.32. The number of allylic oxidation sites excluding steroid dienone is 1. The van der Waals surface area contributed by atoms with Crippen molar-refractivity contribution in [1.82, 2.24) is 0 Å². The van der Waals surface area contributed by atoms with Gasteiger partial charge in [-0.25, -0.2) is 0 Å².